The zero-order chi connectivity index (χ0) is 18.4. The molecular weight excluding hydrogens is 416 g/mol. The number of amides is 1. The van der Waals surface area contributed by atoms with Gasteiger partial charge < -0.3 is 10.6 Å². The standard InChI is InChI=1S/C14H8BrClN6O3/c15-9-6-19-14(20-7-9)18-5-8(4-17)13(23)21-12-3-10(22(24)25)1-2-11(12)16/h1-3,5-7H,(H,21,23)(H,18,19,20)/b8-5-. The van der Waals surface area contributed by atoms with Crippen LogP contribution >= 0.6 is 27.5 Å². The van der Waals surface area contributed by atoms with E-state index in [1.807, 2.05) is 0 Å². The number of halogens is 2. The number of benzene rings is 1. The number of rotatable bonds is 5. The van der Waals surface area contributed by atoms with Gasteiger partial charge in [-0.05, 0) is 22.0 Å². The van der Waals surface area contributed by atoms with E-state index in [2.05, 4.69) is 36.5 Å². The van der Waals surface area contributed by atoms with Crippen LogP contribution in [-0.2, 0) is 4.79 Å². The summed E-state index contributed by atoms with van der Waals surface area (Å²) in [5.41, 5.74) is -0.528. The van der Waals surface area contributed by atoms with E-state index in [0.717, 1.165) is 12.3 Å². The van der Waals surface area contributed by atoms with Gasteiger partial charge in [0.25, 0.3) is 11.6 Å². The minimum atomic E-state index is -0.797. The summed E-state index contributed by atoms with van der Waals surface area (Å²) >= 11 is 9.08. The molecule has 1 heterocycles. The van der Waals surface area contributed by atoms with Crippen LogP contribution in [0.1, 0.15) is 0 Å². The van der Waals surface area contributed by atoms with Crippen LogP contribution in [0.4, 0.5) is 17.3 Å². The van der Waals surface area contributed by atoms with E-state index in [4.69, 9.17) is 16.9 Å². The number of nitriles is 1. The Kier molecular flexibility index (Phi) is 5.99. The minimum absolute atomic E-state index is 0.0157. The average molecular weight is 424 g/mol. The molecule has 2 N–H and O–H groups in total. The van der Waals surface area contributed by atoms with Crippen molar-refractivity contribution in [3.63, 3.8) is 0 Å². The van der Waals surface area contributed by atoms with Crippen LogP contribution in [0.3, 0.4) is 0 Å². The van der Waals surface area contributed by atoms with Crippen molar-refractivity contribution in [2.45, 2.75) is 0 Å². The van der Waals surface area contributed by atoms with Crippen molar-refractivity contribution < 1.29 is 9.72 Å². The van der Waals surface area contributed by atoms with Gasteiger partial charge in [0.15, 0.2) is 0 Å². The Bertz CT molecular complexity index is 894. The van der Waals surface area contributed by atoms with Gasteiger partial charge in [0.05, 0.1) is 20.1 Å². The van der Waals surface area contributed by atoms with Gasteiger partial charge in [0.2, 0.25) is 5.95 Å². The Morgan fingerprint density at radius 1 is 1.40 bits per heavy atom. The summed E-state index contributed by atoms with van der Waals surface area (Å²) in [6.07, 6.45) is 4.08. The Hall–Kier alpha value is -3.03. The number of non-ortho nitro benzene ring substituents is 1. The summed E-state index contributed by atoms with van der Waals surface area (Å²) < 4.78 is 0.667. The number of nitrogens with zero attached hydrogens (tertiary/aromatic N) is 4. The molecule has 25 heavy (non-hydrogen) atoms. The van der Waals surface area contributed by atoms with Crippen molar-refractivity contribution >= 4 is 50.8 Å². The first-order valence-electron chi connectivity index (χ1n) is 6.50. The van der Waals surface area contributed by atoms with E-state index in [0.29, 0.717) is 4.47 Å². The third-order valence-electron chi connectivity index (χ3n) is 2.74. The lowest BCUT2D eigenvalue weighted by Gasteiger charge is -2.06. The van der Waals surface area contributed by atoms with Crippen LogP contribution in [0.2, 0.25) is 5.02 Å². The highest BCUT2D eigenvalue weighted by molar-refractivity contribution is 9.10. The molecule has 1 amide bonds. The summed E-state index contributed by atoms with van der Waals surface area (Å²) in [6, 6.07) is 5.28. The van der Waals surface area contributed by atoms with Crippen molar-refractivity contribution in [1.82, 2.24) is 9.97 Å². The lowest BCUT2D eigenvalue weighted by Crippen LogP contribution is -2.15. The second-order valence-electron chi connectivity index (χ2n) is 4.41. The van der Waals surface area contributed by atoms with Crippen molar-refractivity contribution in [2.24, 2.45) is 0 Å². The molecule has 0 saturated heterocycles. The van der Waals surface area contributed by atoms with Crippen LogP contribution in [0, 0.1) is 21.4 Å². The molecular formula is C14H8BrClN6O3. The van der Waals surface area contributed by atoms with Crippen LogP contribution in [0.15, 0.2) is 46.8 Å². The smallest absolute Gasteiger partial charge is 0.271 e. The number of carbonyl (C=O) groups is 1. The molecule has 1 aromatic heterocycles. The molecule has 0 saturated carbocycles. The van der Waals surface area contributed by atoms with E-state index in [1.165, 1.54) is 24.5 Å². The van der Waals surface area contributed by atoms with Gasteiger partial charge in [-0.25, -0.2) is 9.97 Å². The molecule has 11 heteroatoms. The molecule has 2 rings (SSSR count). The number of aromatic nitrogens is 2. The molecule has 0 fully saturated rings. The maximum absolute atomic E-state index is 12.1. The monoisotopic (exact) mass is 422 g/mol. The van der Waals surface area contributed by atoms with E-state index < -0.39 is 10.8 Å². The first kappa shape index (κ1) is 18.3. The number of hydrogen-bond donors (Lipinski definition) is 2. The van der Waals surface area contributed by atoms with Crippen molar-refractivity contribution in [3.8, 4) is 6.07 Å². The zero-order valence-corrected chi connectivity index (χ0v) is 14.6. The highest BCUT2D eigenvalue weighted by Crippen LogP contribution is 2.27. The summed E-state index contributed by atoms with van der Waals surface area (Å²) in [5, 5.41) is 24.9. The molecule has 0 spiro atoms. The van der Waals surface area contributed by atoms with Gasteiger partial charge in [-0.1, -0.05) is 11.6 Å². The number of nitrogens with one attached hydrogen (secondary N) is 2. The van der Waals surface area contributed by atoms with Crippen molar-refractivity contribution in [3.05, 3.63) is 62.0 Å². The Balaban J connectivity index is 2.16. The third-order valence-corrected chi connectivity index (χ3v) is 3.48. The van der Waals surface area contributed by atoms with E-state index >= 15 is 0 Å². The van der Waals surface area contributed by atoms with Crippen LogP contribution < -0.4 is 10.6 Å². The van der Waals surface area contributed by atoms with Crippen LogP contribution in [0.5, 0.6) is 0 Å². The molecule has 0 unspecified atom stereocenters. The first-order valence-corrected chi connectivity index (χ1v) is 7.67. The van der Waals surface area contributed by atoms with Gasteiger partial charge in [-0.15, -0.1) is 0 Å². The molecule has 0 aliphatic carbocycles. The fraction of sp³-hybridized carbons (Fsp3) is 0. The maximum atomic E-state index is 12.1. The predicted octanol–water partition coefficient (Wildman–Crippen LogP) is 3.26. The number of nitro benzene ring substituents is 1. The highest BCUT2D eigenvalue weighted by Gasteiger charge is 2.15. The quantitative estimate of drug-likeness (QED) is 0.326. The number of anilines is 2. The molecule has 0 aliphatic heterocycles. The Labute approximate surface area is 154 Å². The molecule has 2 aromatic rings. The first-order chi connectivity index (χ1) is 11.9. The lowest BCUT2D eigenvalue weighted by molar-refractivity contribution is -0.384. The zero-order valence-electron chi connectivity index (χ0n) is 12.2. The molecule has 0 bridgehead atoms. The number of carbonyl (C=O) groups excluding carboxylic acids is 1. The van der Waals surface area contributed by atoms with E-state index in [-0.39, 0.29) is 27.9 Å². The number of nitro groups is 1. The third kappa shape index (κ3) is 4.97. The van der Waals surface area contributed by atoms with E-state index in [1.54, 1.807) is 6.07 Å². The fourth-order valence-electron chi connectivity index (χ4n) is 1.58. The van der Waals surface area contributed by atoms with Gasteiger partial charge in [-0.3, -0.25) is 14.9 Å². The van der Waals surface area contributed by atoms with Gasteiger partial charge >= 0.3 is 0 Å². The summed E-state index contributed by atoms with van der Waals surface area (Å²) in [7, 11) is 0. The van der Waals surface area contributed by atoms with E-state index in [9.17, 15) is 14.9 Å². The molecule has 0 atom stereocenters. The largest absolute Gasteiger partial charge is 0.329 e. The number of hydrogen-bond acceptors (Lipinski definition) is 7. The predicted molar refractivity (Wildman–Crippen MR) is 93.8 cm³/mol. The minimum Gasteiger partial charge on any atom is -0.329 e. The fourth-order valence-corrected chi connectivity index (χ4v) is 1.95. The van der Waals surface area contributed by atoms with Crippen LogP contribution in [-0.4, -0.2) is 20.8 Å². The summed E-state index contributed by atoms with van der Waals surface area (Å²) in [4.78, 5) is 30.1. The molecule has 0 radical (unpaired) electrons. The normalized spacial score (nSPS) is 10.7. The topological polar surface area (TPSA) is 134 Å². The molecule has 0 aliphatic rings. The molecule has 9 nitrogen and oxygen atoms in total. The molecule has 126 valence electrons. The SMILES string of the molecule is N#C/C(=C/Nc1ncc(Br)cn1)C(=O)Nc1cc([N+](=O)[O-])ccc1Cl. The average Bonchev–Trinajstić information content (AvgIpc) is 2.58. The lowest BCUT2D eigenvalue weighted by atomic mass is 10.2. The van der Waals surface area contributed by atoms with Crippen LogP contribution in [0.25, 0.3) is 0 Å². The second-order valence-corrected chi connectivity index (χ2v) is 5.74. The van der Waals surface area contributed by atoms with Crippen molar-refractivity contribution in [1.29, 1.82) is 5.26 Å². The van der Waals surface area contributed by atoms with Crippen molar-refractivity contribution in [2.75, 3.05) is 10.6 Å². The van der Waals surface area contributed by atoms with Gasteiger partial charge in [0.1, 0.15) is 11.6 Å². The summed E-state index contributed by atoms with van der Waals surface area (Å²) in [5.74, 6) is -0.619. The summed E-state index contributed by atoms with van der Waals surface area (Å²) in [6.45, 7) is 0. The highest BCUT2D eigenvalue weighted by atomic mass is 79.9. The van der Waals surface area contributed by atoms with Gasteiger partial charge in [-0.2, -0.15) is 5.26 Å². The maximum Gasteiger partial charge on any atom is 0.271 e. The second kappa shape index (κ2) is 8.18. The van der Waals surface area contributed by atoms with Gasteiger partial charge in [0, 0.05) is 30.7 Å². The Morgan fingerprint density at radius 3 is 2.68 bits per heavy atom. The Morgan fingerprint density at radius 2 is 2.08 bits per heavy atom. The molecule has 1 aromatic carbocycles.